The lowest BCUT2D eigenvalue weighted by Crippen LogP contribution is -2.28. The number of nitrogens with zero attached hydrogens (tertiary/aromatic N) is 1. The molecule has 0 aromatic heterocycles. The van der Waals surface area contributed by atoms with Crippen molar-refractivity contribution in [2.75, 3.05) is 11.9 Å². The number of likely N-dealkylation sites (tertiary alicyclic amines) is 1. The molecule has 1 unspecified atom stereocenters. The summed E-state index contributed by atoms with van der Waals surface area (Å²) >= 11 is 0. The second-order valence-electron chi connectivity index (χ2n) is 6.39. The van der Waals surface area contributed by atoms with E-state index in [2.05, 4.69) is 5.32 Å². The average Bonchev–Trinajstić information content (AvgIpc) is 2.98. The van der Waals surface area contributed by atoms with Crippen molar-refractivity contribution in [3.8, 4) is 0 Å². The molecule has 1 aliphatic heterocycles. The van der Waals surface area contributed by atoms with E-state index in [-0.39, 0.29) is 42.9 Å². The first kappa shape index (κ1) is 17.8. The second-order valence-corrected chi connectivity index (χ2v) is 6.39. The summed E-state index contributed by atoms with van der Waals surface area (Å²) in [6.45, 7) is 1.84. The number of carbonyl (C=O) groups is 3. The number of carbonyl (C=O) groups excluding carboxylic acids is 3. The van der Waals surface area contributed by atoms with Crippen molar-refractivity contribution >= 4 is 23.3 Å². The van der Waals surface area contributed by atoms with Gasteiger partial charge in [0, 0.05) is 36.3 Å². The number of Topliss-reactive ketones (excluding diaryl/α,β-unsaturated/α-hetero) is 1. The Morgan fingerprint density at radius 1 is 1.19 bits per heavy atom. The van der Waals surface area contributed by atoms with E-state index in [0.717, 1.165) is 0 Å². The molecule has 1 N–H and O–H groups in total. The van der Waals surface area contributed by atoms with Crippen LogP contribution in [0.4, 0.5) is 10.1 Å². The number of nitrogens with one attached hydrogen (secondary N) is 1. The average molecular weight is 354 g/mol. The molecule has 6 heteroatoms. The molecule has 5 nitrogen and oxygen atoms in total. The van der Waals surface area contributed by atoms with Crippen LogP contribution in [0.2, 0.25) is 0 Å². The Kier molecular flexibility index (Phi) is 5.11. The topological polar surface area (TPSA) is 66.5 Å². The third-order valence-corrected chi connectivity index (χ3v) is 4.44. The minimum absolute atomic E-state index is 0.0896. The monoisotopic (exact) mass is 354 g/mol. The number of amides is 2. The third-order valence-electron chi connectivity index (χ3n) is 4.44. The van der Waals surface area contributed by atoms with Crippen molar-refractivity contribution in [3.05, 3.63) is 65.5 Å². The fourth-order valence-electron chi connectivity index (χ4n) is 2.99. The molecule has 134 valence electrons. The van der Waals surface area contributed by atoms with E-state index in [4.69, 9.17) is 0 Å². The number of halogens is 1. The lowest BCUT2D eigenvalue weighted by Gasteiger charge is -2.17. The van der Waals surface area contributed by atoms with Crippen molar-refractivity contribution < 1.29 is 18.8 Å². The molecule has 26 heavy (non-hydrogen) atoms. The van der Waals surface area contributed by atoms with Gasteiger partial charge in [0.1, 0.15) is 5.82 Å². The van der Waals surface area contributed by atoms with E-state index in [1.807, 2.05) is 0 Å². The minimum Gasteiger partial charge on any atom is -0.337 e. The van der Waals surface area contributed by atoms with Crippen LogP contribution in [0, 0.1) is 11.7 Å². The smallest absolute Gasteiger partial charge is 0.229 e. The molecule has 0 saturated carbocycles. The van der Waals surface area contributed by atoms with Gasteiger partial charge in [-0.3, -0.25) is 14.4 Å². The molecule has 1 saturated heterocycles. The van der Waals surface area contributed by atoms with E-state index in [0.29, 0.717) is 16.8 Å². The van der Waals surface area contributed by atoms with Crippen molar-refractivity contribution in [3.63, 3.8) is 0 Å². The van der Waals surface area contributed by atoms with Gasteiger partial charge in [-0.1, -0.05) is 30.3 Å². The van der Waals surface area contributed by atoms with Crippen LogP contribution in [0.15, 0.2) is 48.5 Å². The molecule has 1 fully saturated rings. The molecular weight excluding hydrogens is 335 g/mol. The molecule has 0 spiro atoms. The van der Waals surface area contributed by atoms with Crippen molar-refractivity contribution in [1.82, 2.24) is 4.90 Å². The van der Waals surface area contributed by atoms with Gasteiger partial charge in [0.15, 0.2) is 5.78 Å². The summed E-state index contributed by atoms with van der Waals surface area (Å²) in [6.07, 6.45) is 0.0900. The molecular formula is C20H19FN2O3. The number of hydrogen-bond acceptors (Lipinski definition) is 3. The first-order chi connectivity index (χ1) is 12.4. The highest BCUT2D eigenvalue weighted by molar-refractivity contribution is 5.99. The molecule has 0 bridgehead atoms. The van der Waals surface area contributed by atoms with Crippen LogP contribution in [0.25, 0.3) is 0 Å². The predicted molar refractivity (Wildman–Crippen MR) is 95.0 cm³/mol. The number of anilines is 1. The molecule has 2 amide bonds. The Morgan fingerprint density at radius 2 is 1.96 bits per heavy atom. The fraction of sp³-hybridized carbons (Fsp3) is 0.250. The lowest BCUT2D eigenvalue weighted by molar-refractivity contribution is -0.128. The van der Waals surface area contributed by atoms with E-state index >= 15 is 0 Å². The van der Waals surface area contributed by atoms with Gasteiger partial charge in [-0.05, 0) is 25.1 Å². The van der Waals surface area contributed by atoms with Crippen LogP contribution in [0.3, 0.4) is 0 Å². The molecule has 0 aliphatic carbocycles. The van der Waals surface area contributed by atoms with Crippen LogP contribution >= 0.6 is 0 Å². The second kappa shape index (κ2) is 7.47. The van der Waals surface area contributed by atoms with Gasteiger partial charge in [-0.15, -0.1) is 0 Å². The van der Waals surface area contributed by atoms with E-state index in [1.165, 1.54) is 17.9 Å². The van der Waals surface area contributed by atoms with Crippen molar-refractivity contribution in [2.24, 2.45) is 5.92 Å². The maximum Gasteiger partial charge on any atom is 0.229 e. The van der Waals surface area contributed by atoms with Gasteiger partial charge in [-0.2, -0.15) is 0 Å². The Labute approximate surface area is 150 Å². The van der Waals surface area contributed by atoms with Crippen LogP contribution < -0.4 is 5.32 Å². The van der Waals surface area contributed by atoms with Gasteiger partial charge in [0.05, 0.1) is 5.92 Å². The summed E-state index contributed by atoms with van der Waals surface area (Å²) < 4.78 is 13.8. The van der Waals surface area contributed by atoms with Crippen LogP contribution in [-0.2, 0) is 16.1 Å². The maximum absolute atomic E-state index is 13.8. The highest BCUT2D eigenvalue weighted by atomic mass is 19.1. The molecule has 3 rings (SSSR count). The highest BCUT2D eigenvalue weighted by Crippen LogP contribution is 2.23. The van der Waals surface area contributed by atoms with Crippen molar-refractivity contribution in [1.29, 1.82) is 0 Å². The summed E-state index contributed by atoms with van der Waals surface area (Å²) in [6, 6.07) is 12.9. The molecule has 2 aromatic rings. The molecule has 1 heterocycles. The summed E-state index contributed by atoms with van der Waals surface area (Å²) in [7, 11) is 0. The first-order valence-electron chi connectivity index (χ1n) is 8.37. The highest BCUT2D eigenvalue weighted by Gasteiger charge is 2.34. The number of benzene rings is 2. The summed E-state index contributed by atoms with van der Waals surface area (Å²) in [5.74, 6) is -1.42. The Morgan fingerprint density at radius 3 is 2.69 bits per heavy atom. The van der Waals surface area contributed by atoms with E-state index < -0.39 is 5.92 Å². The van der Waals surface area contributed by atoms with Crippen LogP contribution in [0.1, 0.15) is 29.3 Å². The number of ketones is 1. The quantitative estimate of drug-likeness (QED) is 0.840. The Balaban J connectivity index is 1.64. The SMILES string of the molecule is CC(=O)c1cccc(NC(=O)C2CC(=O)N(Cc3ccccc3F)C2)c1. The van der Waals surface area contributed by atoms with E-state index in [1.54, 1.807) is 42.5 Å². The standard InChI is InChI=1S/C20H19FN2O3/c1-13(24)14-6-4-7-17(9-14)22-20(26)16-10-19(25)23(12-16)11-15-5-2-3-8-18(15)21/h2-9,16H,10-12H2,1H3,(H,22,26). The third kappa shape index (κ3) is 3.96. The zero-order valence-electron chi connectivity index (χ0n) is 14.4. The Hall–Kier alpha value is -3.02. The zero-order valence-corrected chi connectivity index (χ0v) is 14.4. The zero-order chi connectivity index (χ0) is 18.7. The maximum atomic E-state index is 13.8. The number of hydrogen-bond donors (Lipinski definition) is 1. The van der Waals surface area contributed by atoms with Crippen LogP contribution in [0.5, 0.6) is 0 Å². The molecule has 0 radical (unpaired) electrons. The molecule has 1 aliphatic rings. The fourth-order valence-corrected chi connectivity index (χ4v) is 2.99. The van der Waals surface area contributed by atoms with Gasteiger partial charge in [0.2, 0.25) is 11.8 Å². The minimum atomic E-state index is -0.504. The Bertz CT molecular complexity index is 866. The summed E-state index contributed by atoms with van der Waals surface area (Å²) in [5, 5.41) is 2.75. The van der Waals surface area contributed by atoms with Crippen molar-refractivity contribution in [2.45, 2.75) is 19.9 Å². The lowest BCUT2D eigenvalue weighted by atomic mass is 10.1. The first-order valence-corrected chi connectivity index (χ1v) is 8.37. The van der Waals surface area contributed by atoms with Gasteiger partial charge >= 0.3 is 0 Å². The van der Waals surface area contributed by atoms with Gasteiger partial charge in [0.25, 0.3) is 0 Å². The molecule has 1 atom stereocenters. The van der Waals surface area contributed by atoms with Gasteiger partial charge in [-0.25, -0.2) is 4.39 Å². The summed E-state index contributed by atoms with van der Waals surface area (Å²) in [4.78, 5) is 37.6. The van der Waals surface area contributed by atoms with E-state index in [9.17, 15) is 18.8 Å². The van der Waals surface area contributed by atoms with Gasteiger partial charge < -0.3 is 10.2 Å². The predicted octanol–water partition coefficient (Wildman–Crippen LogP) is 3.02. The largest absolute Gasteiger partial charge is 0.337 e. The molecule has 2 aromatic carbocycles. The normalized spacial score (nSPS) is 16.6. The van der Waals surface area contributed by atoms with Crippen LogP contribution in [-0.4, -0.2) is 29.0 Å². The number of rotatable bonds is 5. The summed E-state index contributed by atoms with van der Waals surface area (Å²) in [5.41, 5.74) is 1.45.